The summed E-state index contributed by atoms with van der Waals surface area (Å²) in [7, 11) is -7.64. The summed E-state index contributed by atoms with van der Waals surface area (Å²) in [5.41, 5.74) is 0. The Labute approximate surface area is 123 Å². The standard InChI is InChI=1S/C12H17F2NO4S2/c1-4-15(9(2)8-20(3,16)17)21(18,19)12-6-5-10(13)7-11(12)14/h5-7,9H,4,8H2,1-3H3/t9-/m1/s1. The second kappa shape index (κ2) is 6.37. The molecule has 0 aliphatic carbocycles. The molecule has 120 valence electrons. The normalized spacial score (nSPS) is 14.4. The lowest BCUT2D eigenvalue weighted by molar-refractivity contribution is 0.367. The Morgan fingerprint density at radius 1 is 1.19 bits per heavy atom. The van der Waals surface area contributed by atoms with Crippen molar-refractivity contribution in [3.05, 3.63) is 29.8 Å². The summed E-state index contributed by atoms with van der Waals surface area (Å²) >= 11 is 0. The van der Waals surface area contributed by atoms with Gasteiger partial charge in [0.15, 0.2) is 0 Å². The van der Waals surface area contributed by atoms with Crippen LogP contribution in [0.25, 0.3) is 0 Å². The van der Waals surface area contributed by atoms with Gasteiger partial charge in [0.1, 0.15) is 26.4 Å². The van der Waals surface area contributed by atoms with E-state index in [-0.39, 0.29) is 12.3 Å². The summed E-state index contributed by atoms with van der Waals surface area (Å²) in [4.78, 5) is -0.675. The number of nitrogens with zero attached hydrogens (tertiary/aromatic N) is 1. The van der Waals surface area contributed by atoms with Crippen molar-refractivity contribution in [3.8, 4) is 0 Å². The van der Waals surface area contributed by atoms with E-state index in [1.807, 2.05) is 0 Å². The van der Waals surface area contributed by atoms with E-state index in [2.05, 4.69) is 0 Å². The van der Waals surface area contributed by atoms with Crippen molar-refractivity contribution >= 4 is 19.9 Å². The summed E-state index contributed by atoms with van der Waals surface area (Å²) in [6.45, 7) is 2.90. The minimum Gasteiger partial charge on any atom is -0.229 e. The highest BCUT2D eigenvalue weighted by Crippen LogP contribution is 2.22. The molecule has 0 aliphatic heterocycles. The fourth-order valence-corrected chi connectivity index (χ4v) is 4.89. The second-order valence-electron chi connectivity index (χ2n) is 4.72. The molecule has 1 aromatic rings. The fraction of sp³-hybridized carbons (Fsp3) is 0.500. The lowest BCUT2D eigenvalue weighted by atomic mass is 10.3. The lowest BCUT2D eigenvalue weighted by Crippen LogP contribution is -2.42. The predicted molar refractivity (Wildman–Crippen MR) is 75.1 cm³/mol. The number of rotatable bonds is 6. The number of sulfonamides is 1. The minimum atomic E-state index is -4.24. The van der Waals surface area contributed by atoms with Crippen LogP contribution in [0, 0.1) is 11.6 Å². The van der Waals surface area contributed by atoms with Crippen molar-refractivity contribution in [2.75, 3.05) is 18.6 Å². The van der Waals surface area contributed by atoms with Gasteiger partial charge in [-0.25, -0.2) is 25.6 Å². The zero-order valence-corrected chi connectivity index (χ0v) is 13.5. The van der Waals surface area contributed by atoms with Gasteiger partial charge in [-0.3, -0.25) is 0 Å². The monoisotopic (exact) mass is 341 g/mol. The minimum absolute atomic E-state index is 0.0319. The van der Waals surface area contributed by atoms with Crippen molar-refractivity contribution in [2.45, 2.75) is 24.8 Å². The SMILES string of the molecule is CCN([C@H](C)CS(C)(=O)=O)S(=O)(=O)c1ccc(F)cc1F. The van der Waals surface area contributed by atoms with E-state index >= 15 is 0 Å². The Morgan fingerprint density at radius 2 is 1.76 bits per heavy atom. The molecule has 0 aliphatic rings. The van der Waals surface area contributed by atoms with Crippen molar-refractivity contribution in [3.63, 3.8) is 0 Å². The fourth-order valence-electron chi connectivity index (χ4n) is 2.05. The Balaban J connectivity index is 3.25. The van der Waals surface area contributed by atoms with Crippen LogP contribution in [0.1, 0.15) is 13.8 Å². The maximum Gasteiger partial charge on any atom is 0.246 e. The van der Waals surface area contributed by atoms with E-state index in [0.29, 0.717) is 6.07 Å². The number of halogens is 2. The van der Waals surface area contributed by atoms with Crippen LogP contribution in [0.15, 0.2) is 23.1 Å². The smallest absolute Gasteiger partial charge is 0.229 e. The molecule has 21 heavy (non-hydrogen) atoms. The van der Waals surface area contributed by atoms with Crippen molar-refractivity contribution in [2.24, 2.45) is 0 Å². The van der Waals surface area contributed by atoms with Crippen LogP contribution >= 0.6 is 0 Å². The average Bonchev–Trinajstić information content (AvgIpc) is 2.25. The summed E-state index contributed by atoms with van der Waals surface area (Å²) in [5.74, 6) is -2.48. The molecule has 0 amide bonds. The van der Waals surface area contributed by atoms with E-state index in [4.69, 9.17) is 0 Å². The first-order valence-corrected chi connectivity index (χ1v) is 9.63. The number of benzene rings is 1. The Bertz CT molecular complexity index is 717. The van der Waals surface area contributed by atoms with Gasteiger partial charge >= 0.3 is 0 Å². The topological polar surface area (TPSA) is 71.5 Å². The molecule has 1 atom stereocenters. The van der Waals surface area contributed by atoms with Crippen LogP contribution in [0.4, 0.5) is 8.78 Å². The second-order valence-corrected chi connectivity index (χ2v) is 8.77. The molecule has 0 unspecified atom stereocenters. The molecule has 0 bridgehead atoms. The van der Waals surface area contributed by atoms with Crippen molar-refractivity contribution in [1.29, 1.82) is 0 Å². The van der Waals surface area contributed by atoms with Crippen molar-refractivity contribution in [1.82, 2.24) is 4.31 Å². The Hall–Kier alpha value is -1.06. The van der Waals surface area contributed by atoms with Crippen LogP contribution in [-0.4, -0.2) is 45.7 Å². The molecule has 0 aromatic heterocycles. The van der Waals surface area contributed by atoms with Gasteiger partial charge in [-0.2, -0.15) is 4.31 Å². The van der Waals surface area contributed by atoms with Gasteiger partial charge in [0.25, 0.3) is 0 Å². The van der Waals surface area contributed by atoms with Crippen LogP contribution in [-0.2, 0) is 19.9 Å². The first kappa shape index (κ1) is 18.0. The molecule has 1 rings (SSSR count). The first-order valence-electron chi connectivity index (χ1n) is 6.13. The van der Waals surface area contributed by atoms with Crippen LogP contribution in [0.2, 0.25) is 0 Å². The first-order chi connectivity index (χ1) is 9.49. The maximum atomic E-state index is 13.7. The van der Waals surface area contributed by atoms with E-state index in [9.17, 15) is 25.6 Å². The molecular formula is C12H17F2NO4S2. The highest BCUT2D eigenvalue weighted by molar-refractivity contribution is 7.91. The van der Waals surface area contributed by atoms with E-state index < -0.39 is 42.4 Å². The zero-order valence-electron chi connectivity index (χ0n) is 11.9. The summed E-state index contributed by atoms with van der Waals surface area (Å²) < 4.78 is 74.8. The van der Waals surface area contributed by atoms with E-state index in [1.54, 1.807) is 0 Å². The molecule has 0 radical (unpaired) electrons. The lowest BCUT2D eigenvalue weighted by Gasteiger charge is -2.26. The van der Waals surface area contributed by atoms with Gasteiger partial charge in [-0.05, 0) is 19.1 Å². The largest absolute Gasteiger partial charge is 0.246 e. The molecule has 1 aromatic carbocycles. The molecule has 0 heterocycles. The number of sulfone groups is 1. The Morgan fingerprint density at radius 3 is 2.19 bits per heavy atom. The van der Waals surface area contributed by atoms with Crippen LogP contribution in [0.5, 0.6) is 0 Å². The molecule has 9 heteroatoms. The van der Waals surface area contributed by atoms with Gasteiger partial charge < -0.3 is 0 Å². The van der Waals surface area contributed by atoms with Gasteiger partial charge in [-0.1, -0.05) is 6.92 Å². The molecule has 0 saturated carbocycles. The van der Waals surface area contributed by atoms with Gasteiger partial charge in [-0.15, -0.1) is 0 Å². The average molecular weight is 341 g/mol. The number of hydrogen-bond acceptors (Lipinski definition) is 4. The predicted octanol–water partition coefficient (Wildman–Crippen LogP) is 1.41. The molecule has 0 N–H and O–H groups in total. The molecule has 0 fully saturated rings. The van der Waals surface area contributed by atoms with Gasteiger partial charge in [0, 0.05) is 24.9 Å². The van der Waals surface area contributed by atoms with E-state index in [1.165, 1.54) is 13.8 Å². The highest BCUT2D eigenvalue weighted by Gasteiger charge is 2.31. The number of hydrogen-bond donors (Lipinski definition) is 0. The maximum absolute atomic E-state index is 13.7. The Kier molecular flexibility index (Phi) is 5.46. The van der Waals surface area contributed by atoms with Crippen molar-refractivity contribution < 1.29 is 25.6 Å². The third-order valence-corrected chi connectivity index (χ3v) is 6.04. The summed E-state index contributed by atoms with van der Waals surface area (Å²) in [5, 5.41) is 0. The van der Waals surface area contributed by atoms with E-state index in [0.717, 1.165) is 22.7 Å². The van der Waals surface area contributed by atoms with Crippen LogP contribution < -0.4 is 0 Å². The zero-order chi connectivity index (χ0) is 16.4. The summed E-state index contributed by atoms with van der Waals surface area (Å²) in [6.07, 6.45) is 0.989. The van der Waals surface area contributed by atoms with Gasteiger partial charge in [0.05, 0.1) is 5.75 Å². The molecule has 0 saturated heterocycles. The highest BCUT2D eigenvalue weighted by atomic mass is 32.2. The molecule has 0 spiro atoms. The molecule has 5 nitrogen and oxygen atoms in total. The summed E-state index contributed by atoms with van der Waals surface area (Å²) in [6, 6.07) is 1.28. The third-order valence-electron chi connectivity index (χ3n) is 2.83. The quantitative estimate of drug-likeness (QED) is 0.784. The van der Waals surface area contributed by atoms with Crippen LogP contribution in [0.3, 0.4) is 0 Å². The van der Waals surface area contributed by atoms with Gasteiger partial charge in [0.2, 0.25) is 10.0 Å². The third kappa shape index (κ3) is 4.45. The molecular weight excluding hydrogens is 324 g/mol.